The maximum absolute atomic E-state index is 4.51. The third-order valence-corrected chi connectivity index (χ3v) is 5.02. The Morgan fingerprint density at radius 1 is 1.21 bits per heavy atom. The van der Waals surface area contributed by atoms with Crippen LogP contribution < -0.4 is 10.2 Å². The van der Waals surface area contributed by atoms with Gasteiger partial charge in [-0.1, -0.05) is 21.6 Å². The van der Waals surface area contributed by atoms with Crippen LogP contribution in [-0.2, 0) is 0 Å². The van der Waals surface area contributed by atoms with E-state index in [9.17, 15) is 0 Å². The lowest BCUT2D eigenvalue weighted by molar-refractivity contribution is 0.590. The second-order valence-corrected chi connectivity index (χ2v) is 6.97. The van der Waals surface area contributed by atoms with Crippen LogP contribution in [0.4, 0.5) is 5.69 Å². The van der Waals surface area contributed by atoms with Gasteiger partial charge in [-0.15, -0.1) is 0 Å². The number of rotatable bonds is 3. The first-order valence-corrected chi connectivity index (χ1v) is 8.99. The highest BCUT2D eigenvalue weighted by Gasteiger charge is 2.13. The lowest BCUT2D eigenvalue weighted by atomic mass is 10.1. The summed E-state index contributed by atoms with van der Waals surface area (Å²) in [6, 6.07) is 8.71. The lowest BCUT2D eigenvalue weighted by Gasteiger charge is -2.30. The van der Waals surface area contributed by atoms with Gasteiger partial charge in [-0.3, -0.25) is 4.98 Å². The Kier molecular flexibility index (Phi) is 4.15. The van der Waals surface area contributed by atoms with Crippen LogP contribution in [0, 0.1) is 0 Å². The van der Waals surface area contributed by atoms with Gasteiger partial charge in [0.25, 0.3) is 0 Å². The SMILES string of the molecule is CSSc1ccc2c(N3CCNCC3)ccnc2c1. The third-order valence-electron chi connectivity index (χ3n) is 3.33. The Hall–Kier alpha value is -0.910. The van der Waals surface area contributed by atoms with Crippen molar-refractivity contribution in [3.8, 4) is 0 Å². The van der Waals surface area contributed by atoms with Crippen molar-refractivity contribution in [2.45, 2.75) is 4.90 Å². The number of hydrogen-bond acceptors (Lipinski definition) is 5. The second-order valence-electron chi connectivity index (χ2n) is 4.50. The van der Waals surface area contributed by atoms with Gasteiger partial charge < -0.3 is 10.2 Å². The van der Waals surface area contributed by atoms with Gasteiger partial charge in [0.15, 0.2) is 0 Å². The normalized spacial score (nSPS) is 15.9. The molecule has 1 aromatic heterocycles. The standard InChI is InChI=1S/C14H17N3S2/c1-18-19-11-2-3-12-13(10-11)16-5-4-14(12)17-8-6-15-7-9-17/h2-5,10,15H,6-9H2,1H3. The summed E-state index contributed by atoms with van der Waals surface area (Å²) in [5.74, 6) is 0. The van der Waals surface area contributed by atoms with Crippen molar-refractivity contribution < 1.29 is 0 Å². The first-order valence-electron chi connectivity index (χ1n) is 6.43. The van der Waals surface area contributed by atoms with Gasteiger partial charge in [0, 0.05) is 48.3 Å². The van der Waals surface area contributed by atoms with Crippen molar-refractivity contribution in [1.29, 1.82) is 0 Å². The van der Waals surface area contributed by atoms with Crippen LogP contribution in [0.2, 0.25) is 0 Å². The van der Waals surface area contributed by atoms with Crippen molar-refractivity contribution in [2.24, 2.45) is 0 Å². The number of fused-ring (bicyclic) bond motifs is 1. The van der Waals surface area contributed by atoms with Crippen LogP contribution in [0.3, 0.4) is 0 Å². The Morgan fingerprint density at radius 2 is 2.05 bits per heavy atom. The summed E-state index contributed by atoms with van der Waals surface area (Å²) >= 11 is 0. The number of hydrogen-bond donors (Lipinski definition) is 1. The fourth-order valence-corrected chi connectivity index (χ4v) is 3.81. The number of aromatic nitrogens is 1. The van der Waals surface area contributed by atoms with E-state index >= 15 is 0 Å². The molecule has 2 heterocycles. The molecule has 0 bridgehead atoms. The van der Waals surface area contributed by atoms with Crippen LogP contribution in [0.25, 0.3) is 10.9 Å². The van der Waals surface area contributed by atoms with E-state index in [0.29, 0.717) is 0 Å². The molecule has 3 rings (SSSR count). The van der Waals surface area contributed by atoms with Crippen molar-refractivity contribution >= 4 is 38.2 Å². The number of benzene rings is 1. The maximum atomic E-state index is 4.51. The zero-order valence-electron chi connectivity index (χ0n) is 10.9. The minimum Gasteiger partial charge on any atom is -0.368 e. The first kappa shape index (κ1) is 13.1. The molecule has 1 aliphatic rings. The summed E-state index contributed by atoms with van der Waals surface area (Å²) in [5.41, 5.74) is 2.40. The Labute approximate surface area is 121 Å². The number of nitrogens with zero attached hydrogens (tertiary/aromatic N) is 2. The number of anilines is 1. The molecule has 0 saturated carbocycles. The highest BCUT2D eigenvalue weighted by atomic mass is 33.1. The molecule has 3 nitrogen and oxygen atoms in total. The Bertz CT molecular complexity index is 568. The van der Waals surface area contributed by atoms with Crippen LogP contribution in [0.5, 0.6) is 0 Å². The summed E-state index contributed by atoms with van der Waals surface area (Å²) < 4.78 is 0. The summed E-state index contributed by atoms with van der Waals surface area (Å²) in [5, 5.41) is 4.65. The van der Waals surface area contributed by atoms with Gasteiger partial charge in [-0.2, -0.15) is 0 Å². The van der Waals surface area contributed by atoms with Crippen LogP contribution >= 0.6 is 21.6 Å². The molecule has 1 N–H and O–H groups in total. The van der Waals surface area contributed by atoms with Crippen molar-refractivity contribution in [3.05, 3.63) is 30.5 Å². The predicted molar refractivity (Wildman–Crippen MR) is 86.2 cm³/mol. The van der Waals surface area contributed by atoms with E-state index in [1.807, 2.05) is 6.20 Å². The van der Waals surface area contributed by atoms with Crippen molar-refractivity contribution in [1.82, 2.24) is 10.3 Å². The quantitative estimate of drug-likeness (QED) is 0.878. The van der Waals surface area contributed by atoms with Gasteiger partial charge in [-0.05, 0) is 30.5 Å². The van der Waals surface area contributed by atoms with Crippen LogP contribution in [0.15, 0.2) is 35.4 Å². The largest absolute Gasteiger partial charge is 0.368 e. The molecule has 0 unspecified atom stereocenters. The molecular formula is C14H17N3S2. The molecule has 0 aliphatic carbocycles. The fraction of sp³-hybridized carbons (Fsp3) is 0.357. The summed E-state index contributed by atoms with van der Waals surface area (Å²) in [7, 11) is 3.55. The molecule has 100 valence electrons. The molecular weight excluding hydrogens is 274 g/mol. The molecule has 1 saturated heterocycles. The minimum atomic E-state index is 1.06. The molecule has 1 fully saturated rings. The highest BCUT2D eigenvalue weighted by Crippen LogP contribution is 2.33. The van der Waals surface area contributed by atoms with E-state index in [-0.39, 0.29) is 0 Å². The Balaban J connectivity index is 2.00. The van der Waals surface area contributed by atoms with E-state index < -0.39 is 0 Å². The highest BCUT2D eigenvalue weighted by molar-refractivity contribution is 8.76. The second kappa shape index (κ2) is 6.03. The minimum absolute atomic E-state index is 1.06. The smallest absolute Gasteiger partial charge is 0.0734 e. The van der Waals surface area contributed by atoms with Crippen molar-refractivity contribution in [2.75, 3.05) is 37.3 Å². The van der Waals surface area contributed by atoms with E-state index in [1.165, 1.54) is 16.0 Å². The summed E-state index contributed by atoms with van der Waals surface area (Å²) in [4.78, 5) is 8.23. The van der Waals surface area contributed by atoms with Crippen LogP contribution in [-0.4, -0.2) is 37.4 Å². The summed E-state index contributed by atoms with van der Waals surface area (Å²) in [6.07, 6.45) is 4.02. The summed E-state index contributed by atoms with van der Waals surface area (Å²) in [6.45, 7) is 4.26. The van der Waals surface area contributed by atoms with Gasteiger partial charge in [0.2, 0.25) is 0 Å². The van der Waals surface area contributed by atoms with Gasteiger partial charge in [-0.25, -0.2) is 0 Å². The van der Waals surface area contributed by atoms with Gasteiger partial charge in [0.1, 0.15) is 0 Å². The number of piperazine rings is 1. The third kappa shape index (κ3) is 2.83. The molecule has 19 heavy (non-hydrogen) atoms. The fourth-order valence-electron chi connectivity index (χ4n) is 2.44. The van der Waals surface area contributed by atoms with Gasteiger partial charge >= 0.3 is 0 Å². The number of pyridine rings is 1. The van der Waals surface area contributed by atoms with E-state index in [1.54, 1.807) is 21.6 Å². The van der Waals surface area contributed by atoms with E-state index in [2.05, 4.69) is 45.7 Å². The maximum Gasteiger partial charge on any atom is 0.0734 e. The molecule has 0 atom stereocenters. The van der Waals surface area contributed by atoms with E-state index in [4.69, 9.17) is 0 Å². The Morgan fingerprint density at radius 3 is 2.84 bits per heavy atom. The molecule has 0 amide bonds. The zero-order chi connectivity index (χ0) is 13.1. The molecule has 0 radical (unpaired) electrons. The predicted octanol–water partition coefficient (Wildman–Crippen LogP) is 3.01. The molecule has 1 aromatic carbocycles. The topological polar surface area (TPSA) is 28.2 Å². The molecule has 5 heteroatoms. The molecule has 1 aliphatic heterocycles. The van der Waals surface area contributed by atoms with Crippen LogP contribution in [0.1, 0.15) is 0 Å². The zero-order valence-corrected chi connectivity index (χ0v) is 12.6. The molecule has 0 spiro atoms. The molecule has 2 aromatic rings. The number of nitrogens with one attached hydrogen (secondary N) is 1. The van der Waals surface area contributed by atoms with E-state index in [0.717, 1.165) is 31.7 Å². The van der Waals surface area contributed by atoms with Crippen molar-refractivity contribution in [3.63, 3.8) is 0 Å². The monoisotopic (exact) mass is 291 g/mol. The average molecular weight is 291 g/mol. The first-order chi connectivity index (χ1) is 9.38. The van der Waals surface area contributed by atoms with Gasteiger partial charge in [0.05, 0.1) is 5.52 Å². The lowest BCUT2D eigenvalue weighted by Crippen LogP contribution is -2.43. The average Bonchev–Trinajstić information content (AvgIpc) is 2.48.